The highest BCUT2D eigenvalue weighted by molar-refractivity contribution is 14.1. The second kappa shape index (κ2) is 17.6. The molecule has 54 heavy (non-hydrogen) atoms. The lowest BCUT2D eigenvalue weighted by atomic mass is 9.68. The molecule has 7 rings (SSSR count). The summed E-state index contributed by atoms with van der Waals surface area (Å²) in [5, 5.41) is 0. The summed E-state index contributed by atoms with van der Waals surface area (Å²) in [4.78, 5) is 0. The zero-order valence-corrected chi connectivity index (χ0v) is 38.4. The summed E-state index contributed by atoms with van der Waals surface area (Å²) in [7, 11) is 0. The first kappa shape index (κ1) is 40.8. The van der Waals surface area contributed by atoms with Crippen LogP contribution in [0.4, 0.5) is 8.78 Å². The quantitative estimate of drug-likeness (QED) is 0.0576. The summed E-state index contributed by atoms with van der Waals surface area (Å²) in [5.41, 5.74) is 7.61. The molecule has 0 radical (unpaired) electrons. The third-order valence-corrected chi connectivity index (χ3v) is 15.4. The molecule has 0 saturated heterocycles. The molecule has 0 N–H and O–H groups in total. The molecule has 2 aliphatic rings. The topological polar surface area (TPSA) is 51.6 Å². The molecule has 0 amide bonds. The Kier molecular flexibility index (Phi) is 13.3. The number of aromatic nitrogens is 4. The van der Waals surface area contributed by atoms with Crippen molar-refractivity contribution in [1.29, 1.82) is 0 Å². The second-order valence-electron chi connectivity index (χ2n) is 16.0. The summed E-state index contributed by atoms with van der Waals surface area (Å²) in [6.07, 6.45) is 20.4. The fourth-order valence-corrected chi connectivity index (χ4v) is 12.9. The molecule has 0 fully saturated rings. The van der Waals surface area contributed by atoms with Gasteiger partial charge in [-0.05, 0) is 94.1 Å². The molecule has 0 spiro atoms. The number of rotatable bonds is 20. The molecule has 2 heterocycles. The first-order valence-corrected chi connectivity index (χ1v) is 24.4. The largest absolute Gasteiger partial charge is 0.206 e. The van der Waals surface area contributed by atoms with Gasteiger partial charge in [-0.25, -0.2) is 8.78 Å². The normalized spacial score (nSPS) is 15.0. The molecule has 0 aliphatic heterocycles. The lowest BCUT2D eigenvalue weighted by Crippen LogP contribution is -2.29. The minimum atomic E-state index is -0.653. The molecule has 5 aromatic rings. The summed E-state index contributed by atoms with van der Waals surface area (Å²) < 4.78 is 59.0. The number of hydrogen-bond donors (Lipinski definition) is 0. The number of nitrogens with zero attached hydrogens (tertiary/aromatic N) is 4. The van der Waals surface area contributed by atoms with Gasteiger partial charge >= 0.3 is 0 Å². The van der Waals surface area contributed by atoms with Crippen LogP contribution >= 0.6 is 68.6 Å². The van der Waals surface area contributed by atoms with Crippen LogP contribution in [-0.4, -0.2) is 17.5 Å². The van der Waals surface area contributed by atoms with Crippen molar-refractivity contribution in [3.05, 3.63) is 53.2 Å². The van der Waals surface area contributed by atoms with Crippen molar-refractivity contribution < 1.29 is 8.78 Å². The Morgan fingerprint density at radius 2 is 0.778 bits per heavy atom. The summed E-state index contributed by atoms with van der Waals surface area (Å²) >= 11 is 7.12. The fraction of sp³-hybridized carbons (Fsp3) is 0.591. The van der Waals surface area contributed by atoms with E-state index in [1.807, 2.05) is 0 Å². The second-order valence-corrected chi connectivity index (χ2v) is 19.4. The summed E-state index contributed by atoms with van der Waals surface area (Å²) in [5.74, 6) is -0.452. The average molecular weight is 995 g/mol. The third kappa shape index (κ3) is 6.88. The standard InChI is InChI=1S/C44H54F2I2N4S2/c1-5-9-13-17-21-43(22-18-14-10-6-2)27-25-29(47)39-41(51-53-49-39)31(27)33-35(43)37(45)34-32-28(26-30(48)40-42(32)52-54-50-40)44(36(34)38(33)46,23-19-15-11-7-3)24-20-16-12-8-4/h25-26H,5-24H2,1-4H3. The molecule has 2 aliphatic carbocycles. The molecule has 10 heteroatoms. The molecule has 0 atom stereocenters. The lowest BCUT2D eigenvalue weighted by Gasteiger charge is -2.35. The molecular weight excluding hydrogens is 940 g/mol. The van der Waals surface area contributed by atoms with Crippen LogP contribution in [0.25, 0.3) is 44.3 Å². The van der Waals surface area contributed by atoms with Crippen molar-refractivity contribution in [2.24, 2.45) is 0 Å². The highest BCUT2D eigenvalue weighted by Gasteiger charge is 2.54. The van der Waals surface area contributed by atoms with Gasteiger partial charge in [0.2, 0.25) is 0 Å². The number of benzene rings is 3. The van der Waals surface area contributed by atoms with E-state index in [0.29, 0.717) is 22.3 Å². The van der Waals surface area contributed by atoms with E-state index >= 15 is 8.78 Å². The molecule has 0 bridgehead atoms. The zero-order valence-electron chi connectivity index (χ0n) is 32.4. The molecule has 0 unspecified atom stereocenters. The smallest absolute Gasteiger partial charge is 0.136 e. The van der Waals surface area contributed by atoms with Crippen LogP contribution in [0.15, 0.2) is 12.1 Å². The Morgan fingerprint density at radius 1 is 0.463 bits per heavy atom. The van der Waals surface area contributed by atoms with Crippen LogP contribution in [0.5, 0.6) is 0 Å². The zero-order chi connectivity index (χ0) is 38.0. The minimum Gasteiger partial charge on any atom is -0.206 e. The number of halogens is 4. The van der Waals surface area contributed by atoms with Crippen LogP contribution < -0.4 is 0 Å². The Balaban J connectivity index is 1.58. The van der Waals surface area contributed by atoms with E-state index in [1.165, 1.54) is 23.5 Å². The van der Waals surface area contributed by atoms with Crippen molar-refractivity contribution in [3.8, 4) is 22.3 Å². The van der Waals surface area contributed by atoms with Gasteiger partial charge in [-0.3, -0.25) is 0 Å². The maximum Gasteiger partial charge on any atom is 0.136 e. The molecular formula is C44H54F2I2N4S2. The van der Waals surface area contributed by atoms with Gasteiger partial charge in [0, 0.05) is 51.4 Å². The highest BCUT2D eigenvalue weighted by atomic mass is 127. The van der Waals surface area contributed by atoms with Gasteiger partial charge in [0.15, 0.2) is 0 Å². The summed E-state index contributed by atoms with van der Waals surface area (Å²) in [6, 6.07) is 4.45. The Labute approximate surface area is 356 Å². The predicted molar refractivity (Wildman–Crippen MR) is 241 cm³/mol. The summed E-state index contributed by atoms with van der Waals surface area (Å²) in [6.45, 7) is 8.93. The highest BCUT2D eigenvalue weighted by Crippen LogP contribution is 2.65. The monoisotopic (exact) mass is 994 g/mol. The fourth-order valence-electron chi connectivity index (χ4n) is 10.1. The van der Waals surface area contributed by atoms with E-state index in [-0.39, 0.29) is 11.6 Å². The van der Waals surface area contributed by atoms with E-state index in [2.05, 4.69) is 85.0 Å². The van der Waals surface area contributed by atoms with E-state index in [1.54, 1.807) is 0 Å². The minimum absolute atomic E-state index is 0.226. The van der Waals surface area contributed by atoms with E-state index in [0.717, 1.165) is 180 Å². The van der Waals surface area contributed by atoms with Gasteiger partial charge in [0.05, 0.1) is 23.5 Å². The number of unbranched alkanes of at least 4 members (excludes halogenated alkanes) is 12. The number of hydrogen-bond acceptors (Lipinski definition) is 6. The van der Waals surface area contributed by atoms with Gasteiger partial charge in [-0.15, -0.1) is 0 Å². The van der Waals surface area contributed by atoms with Crippen LogP contribution in [0.3, 0.4) is 0 Å². The molecule has 2 aromatic heterocycles. The SMILES string of the molecule is CCCCCCC1(CCCCCC)c2cc(I)c3nsnc3c2-c2c(F)c3c(c(F)c21)-c1c(cc(I)c2nsnc12)C3(CCCCCC)CCCCCC. The van der Waals surface area contributed by atoms with Gasteiger partial charge in [-0.2, -0.15) is 17.5 Å². The first-order chi connectivity index (χ1) is 26.3. The van der Waals surface area contributed by atoms with Gasteiger partial charge in [-0.1, -0.05) is 130 Å². The third-order valence-electron chi connectivity index (χ3n) is 12.7. The van der Waals surface area contributed by atoms with Crippen LogP contribution in [0, 0.1) is 18.8 Å². The first-order valence-electron chi connectivity index (χ1n) is 20.8. The maximum absolute atomic E-state index is 18.9. The van der Waals surface area contributed by atoms with Crippen molar-refractivity contribution >= 4 is 90.7 Å². The molecule has 4 nitrogen and oxygen atoms in total. The lowest BCUT2D eigenvalue weighted by molar-refractivity contribution is 0.377. The molecule has 0 saturated carbocycles. The van der Waals surface area contributed by atoms with E-state index in [4.69, 9.17) is 17.5 Å². The van der Waals surface area contributed by atoms with E-state index in [9.17, 15) is 0 Å². The predicted octanol–water partition coefficient (Wildman–Crippen LogP) is 15.6. The Bertz CT molecular complexity index is 1950. The van der Waals surface area contributed by atoms with Gasteiger partial charge in [0.1, 0.15) is 33.7 Å². The van der Waals surface area contributed by atoms with Crippen LogP contribution in [0.2, 0.25) is 0 Å². The van der Waals surface area contributed by atoms with Crippen molar-refractivity contribution in [3.63, 3.8) is 0 Å². The van der Waals surface area contributed by atoms with Crippen LogP contribution in [0.1, 0.15) is 178 Å². The van der Waals surface area contributed by atoms with Crippen LogP contribution in [-0.2, 0) is 10.8 Å². The number of fused-ring (bicyclic) bond motifs is 10. The average Bonchev–Trinajstić information content (AvgIpc) is 3.96. The Hall–Kier alpha value is -1.38. The van der Waals surface area contributed by atoms with E-state index < -0.39 is 10.8 Å². The molecule has 290 valence electrons. The van der Waals surface area contributed by atoms with Gasteiger partial charge in [0.25, 0.3) is 0 Å². The maximum atomic E-state index is 18.9. The van der Waals surface area contributed by atoms with Crippen molar-refractivity contribution in [2.75, 3.05) is 0 Å². The van der Waals surface area contributed by atoms with Crippen molar-refractivity contribution in [1.82, 2.24) is 17.5 Å². The molecule has 3 aromatic carbocycles. The van der Waals surface area contributed by atoms with Crippen molar-refractivity contribution in [2.45, 2.75) is 167 Å². The Morgan fingerprint density at radius 3 is 1.09 bits per heavy atom. The van der Waals surface area contributed by atoms with Gasteiger partial charge < -0.3 is 0 Å².